The number of nitrogens with zero attached hydrogens (tertiary/aromatic N) is 3. The van der Waals surface area contributed by atoms with Crippen LogP contribution in [0.25, 0.3) is 10.7 Å². The number of nitrogens with one attached hydrogen (secondary N) is 1. The van der Waals surface area contributed by atoms with Crippen LogP contribution in [0, 0.1) is 0 Å². The number of carbonyl (C=O) groups excluding carboxylic acids is 1. The molecule has 28 heavy (non-hydrogen) atoms. The molecule has 0 unspecified atom stereocenters. The molecule has 2 aromatic heterocycles. The maximum absolute atomic E-state index is 12.4. The second-order valence-corrected chi connectivity index (χ2v) is 7.40. The van der Waals surface area contributed by atoms with E-state index in [-0.39, 0.29) is 12.3 Å². The summed E-state index contributed by atoms with van der Waals surface area (Å²) in [4.78, 5) is 23.6. The van der Waals surface area contributed by atoms with Crippen LogP contribution in [0.2, 0.25) is 0 Å². The van der Waals surface area contributed by atoms with Crippen molar-refractivity contribution >= 4 is 17.2 Å². The van der Waals surface area contributed by atoms with Crippen LogP contribution in [0.4, 0.5) is 0 Å². The maximum Gasteiger partial charge on any atom is 0.226 e. The third-order valence-electron chi connectivity index (χ3n) is 4.66. The van der Waals surface area contributed by atoms with Crippen LogP contribution in [0.3, 0.4) is 0 Å². The Balaban J connectivity index is 1.57. The summed E-state index contributed by atoms with van der Waals surface area (Å²) in [5, 5.41) is 5.81. The van der Waals surface area contributed by atoms with Crippen LogP contribution in [-0.2, 0) is 24.3 Å². The van der Waals surface area contributed by atoms with E-state index in [1.165, 1.54) is 16.9 Å². The number of thiazole rings is 1. The van der Waals surface area contributed by atoms with Gasteiger partial charge in [0.25, 0.3) is 0 Å². The minimum Gasteiger partial charge on any atom is -0.352 e. The van der Waals surface area contributed by atoms with Crippen molar-refractivity contribution in [2.24, 2.45) is 0 Å². The predicted octanol–water partition coefficient (Wildman–Crippen LogP) is 3.91. The van der Waals surface area contributed by atoms with Crippen LogP contribution in [0.15, 0.2) is 54.0 Å². The second-order valence-electron chi connectivity index (χ2n) is 6.54. The quantitative estimate of drug-likeness (QED) is 0.598. The van der Waals surface area contributed by atoms with Gasteiger partial charge in [-0.3, -0.25) is 14.7 Å². The first-order chi connectivity index (χ1) is 13.7. The molecule has 0 bridgehead atoms. The van der Waals surface area contributed by atoms with Gasteiger partial charge in [0.05, 0.1) is 17.8 Å². The minimum atomic E-state index is -0.0180. The van der Waals surface area contributed by atoms with Crippen LogP contribution < -0.4 is 5.32 Å². The summed E-state index contributed by atoms with van der Waals surface area (Å²) in [7, 11) is 0. The highest BCUT2D eigenvalue weighted by Crippen LogP contribution is 2.21. The topological polar surface area (TPSA) is 58.1 Å². The summed E-state index contributed by atoms with van der Waals surface area (Å²) in [6.07, 6.45) is 2.03. The zero-order valence-corrected chi connectivity index (χ0v) is 17.2. The Hall–Kier alpha value is -2.57. The maximum atomic E-state index is 12.4. The van der Waals surface area contributed by atoms with E-state index in [1.807, 2.05) is 29.6 Å². The number of aromatic nitrogens is 2. The first-order valence-corrected chi connectivity index (χ1v) is 10.5. The van der Waals surface area contributed by atoms with Crippen molar-refractivity contribution < 1.29 is 4.79 Å². The molecule has 1 N–H and O–H groups in total. The monoisotopic (exact) mass is 394 g/mol. The molecule has 0 saturated heterocycles. The van der Waals surface area contributed by atoms with Crippen molar-refractivity contribution in [3.05, 3.63) is 70.9 Å². The number of amides is 1. The van der Waals surface area contributed by atoms with Gasteiger partial charge < -0.3 is 5.32 Å². The lowest BCUT2D eigenvalue weighted by Crippen LogP contribution is -2.27. The fraction of sp³-hybridized carbons (Fsp3) is 0.318. The molecule has 0 aliphatic carbocycles. The molecule has 0 aliphatic rings. The zero-order valence-electron chi connectivity index (χ0n) is 16.4. The van der Waals surface area contributed by atoms with Crippen molar-refractivity contribution in [2.75, 3.05) is 13.1 Å². The van der Waals surface area contributed by atoms with Crippen molar-refractivity contribution in [3.8, 4) is 10.7 Å². The zero-order chi connectivity index (χ0) is 19.8. The summed E-state index contributed by atoms with van der Waals surface area (Å²) in [6, 6.07) is 14.0. The lowest BCUT2D eigenvalue weighted by molar-refractivity contribution is -0.120. The lowest BCUT2D eigenvalue weighted by atomic mass is 10.1. The minimum absolute atomic E-state index is 0.0180. The number of pyridine rings is 1. The third kappa shape index (κ3) is 5.47. The van der Waals surface area contributed by atoms with E-state index in [9.17, 15) is 4.79 Å². The van der Waals surface area contributed by atoms with E-state index in [1.54, 1.807) is 6.20 Å². The molecule has 0 spiro atoms. The smallest absolute Gasteiger partial charge is 0.226 e. The molecule has 0 saturated carbocycles. The van der Waals surface area contributed by atoms with Crippen LogP contribution in [0.5, 0.6) is 0 Å². The molecule has 3 rings (SSSR count). The molecular formula is C22H26N4OS. The fourth-order valence-corrected chi connectivity index (χ4v) is 3.78. The highest BCUT2D eigenvalue weighted by molar-refractivity contribution is 7.13. The molecule has 1 aromatic carbocycles. The van der Waals surface area contributed by atoms with Gasteiger partial charge in [-0.1, -0.05) is 44.2 Å². The van der Waals surface area contributed by atoms with Gasteiger partial charge in [-0.25, -0.2) is 4.98 Å². The van der Waals surface area contributed by atoms with Gasteiger partial charge in [-0.15, -0.1) is 11.3 Å². The fourth-order valence-electron chi connectivity index (χ4n) is 2.99. The molecule has 0 fully saturated rings. The first-order valence-electron chi connectivity index (χ1n) is 9.61. The predicted molar refractivity (Wildman–Crippen MR) is 114 cm³/mol. The van der Waals surface area contributed by atoms with E-state index in [0.29, 0.717) is 6.54 Å². The van der Waals surface area contributed by atoms with Crippen LogP contribution in [-0.4, -0.2) is 33.9 Å². The van der Waals surface area contributed by atoms with Gasteiger partial charge in [0.1, 0.15) is 5.01 Å². The number of hydrogen-bond acceptors (Lipinski definition) is 5. The van der Waals surface area contributed by atoms with Crippen LogP contribution in [0.1, 0.15) is 30.7 Å². The highest BCUT2D eigenvalue weighted by Gasteiger charge is 2.11. The Morgan fingerprint density at radius 3 is 2.54 bits per heavy atom. The average molecular weight is 395 g/mol. The molecule has 0 radical (unpaired) electrons. The Bertz CT molecular complexity index is 890. The first kappa shape index (κ1) is 20.2. The van der Waals surface area contributed by atoms with Gasteiger partial charge in [-0.05, 0) is 36.3 Å². The highest BCUT2D eigenvalue weighted by atomic mass is 32.1. The third-order valence-corrected chi connectivity index (χ3v) is 5.57. The van der Waals surface area contributed by atoms with E-state index < -0.39 is 0 Å². The van der Waals surface area contributed by atoms with Crippen molar-refractivity contribution in [2.45, 2.75) is 33.4 Å². The number of rotatable bonds is 9. The molecule has 2 heterocycles. The van der Waals surface area contributed by atoms with Crippen molar-refractivity contribution in [3.63, 3.8) is 0 Å². The molecule has 3 aromatic rings. The van der Waals surface area contributed by atoms with Gasteiger partial charge in [-0.2, -0.15) is 0 Å². The molecule has 1 amide bonds. The molecule has 0 aliphatic heterocycles. The second kappa shape index (κ2) is 10.1. The van der Waals surface area contributed by atoms with E-state index in [4.69, 9.17) is 0 Å². The molecule has 0 atom stereocenters. The van der Waals surface area contributed by atoms with E-state index in [2.05, 4.69) is 52.2 Å². The summed E-state index contributed by atoms with van der Waals surface area (Å²) >= 11 is 1.51. The average Bonchev–Trinajstić information content (AvgIpc) is 3.20. The van der Waals surface area contributed by atoms with Gasteiger partial charge in [0.2, 0.25) is 5.91 Å². The molecular weight excluding hydrogens is 368 g/mol. The summed E-state index contributed by atoms with van der Waals surface area (Å²) in [5.41, 5.74) is 4.04. The lowest BCUT2D eigenvalue weighted by Gasteiger charge is -2.20. The Kier molecular flexibility index (Phi) is 7.28. The number of carbonyl (C=O) groups is 1. The van der Waals surface area contributed by atoms with Gasteiger partial charge in [0.15, 0.2) is 0 Å². The Labute approximate surface area is 170 Å². The largest absolute Gasteiger partial charge is 0.352 e. The van der Waals surface area contributed by atoms with Gasteiger partial charge >= 0.3 is 0 Å². The SMILES string of the molecule is CCN(CC)Cc1ccccc1CNC(=O)Cc1csc(-c2ccccn2)n1. The normalized spacial score (nSPS) is 11.0. The van der Waals surface area contributed by atoms with Crippen molar-refractivity contribution in [1.29, 1.82) is 0 Å². The summed E-state index contributed by atoms with van der Waals surface area (Å²) in [5.74, 6) is -0.0180. The number of benzene rings is 1. The van der Waals surface area contributed by atoms with Crippen molar-refractivity contribution in [1.82, 2.24) is 20.2 Å². The summed E-state index contributed by atoms with van der Waals surface area (Å²) < 4.78 is 0. The Morgan fingerprint density at radius 2 is 1.82 bits per heavy atom. The standard InChI is InChI=1S/C22H26N4OS/c1-3-26(4-2)15-18-10-6-5-9-17(18)14-24-21(27)13-19-16-28-22(25-19)20-11-7-8-12-23-20/h5-12,16H,3-4,13-15H2,1-2H3,(H,24,27). The summed E-state index contributed by atoms with van der Waals surface area (Å²) in [6.45, 7) is 7.80. The van der Waals surface area contributed by atoms with Crippen LogP contribution >= 0.6 is 11.3 Å². The van der Waals surface area contributed by atoms with E-state index >= 15 is 0 Å². The molecule has 5 nitrogen and oxygen atoms in total. The number of hydrogen-bond donors (Lipinski definition) is 1. The Morgan fingerprint density at radius 1 is 1.07 bits per heavy atom. The molecule has 146 valence electrons. The van der Waals surface area contributed by atoms with Gasteiger partial charge in [0, 0.05) is 24.7 Å². The molecule has 6 heteroatoms. The van der Waals surface area contributed by atoms with E-state index in [0.717, 1.165) is 41.6 Å².